The van der Waals surface area contributed by atoms with E-state index in [-0.39, 0.29) is 23.4 Å². The topological polar surface area (TPSA) is 59.5 Å². The first kappa shape index (κ1) is 18.2. The Kier molecular flexibility index (Phi) is 4.32. The number of piperidine rings is 1. The molecular formula is C22H18ClFN2O3. The second kappa shape index (κ2) is 6.88. The van der Waals surface area contributed by atoms with Crippen LogP contribution < -0.4 is 0 Å². The number of oxazole rings is 1. The van der Waals surface area contributed by atoms with E-state index in [0.717, 1.165) is 18.4 Å². The van der Waals surface area contributed by atoms with E-state index in [1.54, 1.807) is 30.0 Å². The molecule has 3 heterocycles. The molecule has 1 aliphatic heterocycles. The molecule has 2 aromatic heterocycles. The summed E-state index contributed by atoms with van der Waals surface area (Å²) >= 11 is 6.02. The Hall–Kier alpha value is -2.86. The smallest absolute Gasteiger partial charge is 0.289 e. The van der Waals surface area contributed by atoms with Gasteiger partial charge in [-0.3, -0.25) is 4.79 Å². The summed E-state index contributed by atoms with van der Waals surface area (Å²) < 4.78 is 25.1. The normalized spacial score (nSPS) is 15.5. The quantitative estimate of drug-likeness (QED) is 0.424. The number of carbonyl (C=O) groups excluding carboxylic acids is 1. The van der Waals surface area contributed by atoms with Gasteiger partial charge in [0.25, 0.3) is 5.91 Å². The van der Waals surface area contributed by atoms with Gasteiger partial charge < -0.3 is 13.7 Å². The predicted molar refractivity (Wildman–Crippen MR) is 108 cm³/mol. The Labute approximate surface area is 171 Å². The maximum atomic E-state index is 13.5. The first-order valence-corrected chi connectivity index (χ1v) is 9.91. The van der Waals surface area contributed by atoms with E-state index in [1.807, 2.05) is 6.07 Å². The van der Waals surface area contributed by atoms with Gasteiger partial charge in [-0.05, 0) is 56.2 Å². The van der Waals surface area contributed by atoms with Crippen molar-refractivity contribution >= 4 is 39.6 Å². The summed E-state index contributed by atoms with van der Waals surface area (Å²) in [7, 11) is 0. The maximum absolute atomic E-state index is 13.5. The molecule has 0 unspecified atom stereocenters. The number of benzene rings is 2. The molecule has 0 bridgehead atoms. The molecule has 1 aliphatic rings. The van der Waals surface area contributed by atoms with Crippen molar-refractivity contribution in [3.05, 3.63) is 64.5 Å². The number of fused-ring (bicyclic) bond motifs is 2. The van der Waals surface area contributed by atoms with Gasteiger partial charge in [0.1, 0.15) is 16.9 Å². The number of hydrogen-bond acceptors (Lipinski definition) is 4. The minimum atomic E-state index is -0.346. The van der Waals surface area contributed by atoms with Crippen molar-refractivity contribution < 1.29 is 18.0 Å². The zero-order valence-electron chi connectivity index (χ0n) is 15.7. The summed E-state index contributed by atoms with van der Waals surface area (Å²) in [6, 6.07) is 9.67. The highest BCUT2D eigenvalue weighted by Gasteiger charge is 2.30. The second-order valence-electron chi connectivity index (χ2n) is 7.43. The van der Waals surface area contributed by atoms with E-state index in [9.17, 15) is 9.18 Å². The van der Waals surface area contributed by atoms with Crippen molar-refractivity contribution in [1.82, 2.24) is 9.88 Å². The van der Waals surface area contributed by atoms with Crippen LogP contribution in [0.4, 0.5) is 4.39 Å². The van der Waals surface area contributed by atoms with Crippen LogP contribution >= 0.6 is 11.6 Å². The lowest BCUT2D eigenvalue weighted by atomic mass is 9.96. The van der Waals surface area contributed by atoms with E-state index in [0.29, 0.717) is 46.1 Å². The third kappa shape index (κ3) is 3.17. The molecular weight excluding hydrogens is 395 g/mol. The number of furan rings is 1. The minimum absolute atomic E-state index is 0.149. The van der Waals surface area contributed by atoms with Crippen molar-refractivity contribution in [2.24, 2.45) is 0 Å². The first-order valence-electron chi connectivity index (χ1n) is 9.53. The van der Waals surface area contributed by atoms with Crippen molar-refractivity contribution in [3.63, 3.8) is 0 Å². The van der Waals surface area contributed by atoms with Crippen LogP contribution in [0, 0.1) is 12.7 Å². The number of hydrogen-bond donors (Lipinski definition) is 0. The fourth-order valence-corrected chi connectivity index (χ4v) is 4.13. The lowest BCUT2D eigenvalue weighted by molar-refractivity contribution is 0.0676. The van der Waals surface area contributed by atoms with Gasteiger partial charge in [0.15, 0.2) is 17.2 Å². The monoisotopic (exact) mass is 412 g/mol. The summed E-state index contributed by atoms with van der Waals surface area (Å²) in [5.41, 5.74) is 2.65. The highest BCUT2D eigenvalue weighted by atomic mass is 35.5. The third-order valence-corrected chi connectivity index (χ3v) is 5.83. The highest BCUT2D eigenvalue weighted by molar-refractivity contribution is 6.31. The molecule has 2 aromatic carbocycles. The first-order chi connectivity index (χ1) is 14.0. The van der Waals surface area contributed by atoms with Crippen molar-refractivity contribution in [3.8, 4) is 0 Å². The Balaban J connectivity index is 1.33. The van der Waals surface area contributed by atoms with Gasteiger partial charge in [0.05, 0.1) is 0 Å². The largest absolute Gasteiger partial charge is 0.451 e. The standard InChI is InChI=1S/C22H18ClFN2O3/c1-12-16-11-15(24)3-5-18(16)28-20(12)22(27)26-8-6-13(7-9-26)21-25-17-10-14(23)2-4-19(17)29-21/h2-5,10-11,13H,6-9H2,1H3. The molecule has 0 radical (unpaired) electrons. The average Bonchev–Trinajstić information content (AvgIpc) is 3.28. The van der Waals surface area contributed by atoms with E-state index >= 15 is 0 Å². The van der Waals surface area contributed by atoms with Gasteiger partial charge in [0, 0.05) is 35.0 Å². The summed E-state index contributed by atoms with van der Waals surface area (Å²) in [6.45, 7) is 2.94. The van der Waals surface area contributed by atoms with Gasteiger partial charge in [0.2, 0.25) is 0 Å². The number of halogens is 2. The number of likely N-dealkylation sites (tertiary alicyclic amines) is 1. The molecule has 1 fully saturated rings. The molecule has 4 aromatic rings. The summed E-state index contributed by atoms with van der Waals surface area (Å²) in [4.78, 5) is 19.3. The number of aryl methyl sites for hydroxylation is 1. The van der Waals surface area contributed by atoms with E-state index in [4.69, 9.17) is 20.4 Å². The van der Waals surface area contributed by atoms with Crippen molar-refractivity contribution in [2.75, 3.05) is 13.1 Å². The van der Waals surface area contributed by atoms with Gasteiger partial charge >= 0.3 is 0 Å². The number of rotatable bonds is 2. The Morgan fingerprint density at radius 3 is 2.69 bits per heavy atom. The average molecular weight is 413 g/mol. The van der Waals surface area contributed by atoms with Gasteiger partial charge in [-0.15, -0.1) is 0 Å². The van der Waals surface area contributed by atoms with Crippen LogP contribution in [0.25, 0.3) is 22.1 Å². The molecule has 5 nitrogen and oxygen atoms in total. The van der Waals surface area contributed by atoms with E-state index in [1.165, 1.54) is 12.1 Å². The number of carbonyl (C=O) groups is 1. The summed E-state index contributed by atoms with van der Waals surface area (Å²) in [5.74, 6) is 0.601. The van der Waals surface area contributed by atoms with Crippen LogP contribution in [0.15, 0.2) is 45.2 Å². The fourth-order valence-electron chi connectivity index (χ4n) is 3.96. The van der Waals surface area contributed by atoms with Crippen LogP contribution in [0.3, 0.4) is 0 Å². The van der Waals surface area contributed by atoms with Crippen molar-refractivity contribution in [2.45, 2.75) is 25.7 Å². The molecule has 0 spiro atoms. The molecule has 29 heavy (non-hydrogen) atoms. The molecule has 7 heteroatoms. The summed E-state index contributed by atoms with van der Waals surface area (Å²) in [6.07, 6.45) is 1.50. The molecule has 0 N–H and O–H groups in total. The predicted octanol–water partition coefficient (Wildman–Crippen LogP) is 5.69. The maximum Gasteiger partial charge on any atom is 0.289 e. The molecule has 1 amide bonds. The lowest BCUT2D eigenvalue weighted by Crippen LogP contribution is -2.38. The number of nitrogens with zero attached hydrogens (tertiary/aromatic N) is 2. The van der Waals surface area contributed by atoms with E-state index < -0.39 is 0 Å². The Morgan fingerprint density at radius 1 is 1.14 bits per heavy atom. The zero-order chi connectivity index (χ0) is 20.1. The van der Waals surface area contributed by atoms with Crippen LogP contribution in [-0.2, 0) is 0 Å². The van der Waals surface area contributed by atoms with Crippen LogP contribution in [-0.4, -0.2) is 28.9 Å². The number of amides is 1. The fraction of sp³-hybridized carbons (Fsp3) is 0.273. The summed E-state index contributed by atoms with van der Waals surface area (Å²) in [5, 5.41) is 1.26. The molecule has 148 valence electrons. The van der Waals surface area contributed by atoms with E-state index in [2.05, 4.69) is 4.98 Å². The Bertz CT molecular complexity index is 1240. The van der Waals surface area contributed by atoms with Gasteiger partial charge in [-0.1, -0.05) is 11.6 Å². The lowest BCUT2D eigenvalue weighted by Gasteiger charge is -2.30. The zero-order valence-corrected chi connectivity index (χ0v) is 16.5. The molecule has 1 saturated heterocycles. The van der Waals surface area contributed by atoms with Crippen LogP contribution in [0.1, 0.15) is 40.8 Å². The van der Waals surface area contributed by atoms with Crippen molar-refractivity contribution in [1.29, 1.82) is 0 Å². The molecule has 0 saturated carbocycles. The van der Waals surface area contributed by atoms with Crippen LogP contribution in [0.2, 0.25) is 5.02 Å². The molecule has 0 atom stereocenters. The second-order valence-corrected chi connectivity index (χ2v) is 7.86. The minimum Gasteiger partial charge on any atom is -0.451 e. The molecule has 0 aliphatic carbocycles. The van der Waals surface area contributed by atoms with Gasteiger partial charge in [-0.2, -0.15) is 0 Å². The van der Waals surface area contributed by atoms with Crippen LogP contribution in [0.5, 0.6) is 0 Å². The van der Waals surface area contributed by atoms with Gasteiger partial charge in [-0.25, -0.2) is 9.37 Å². The Morgan fingerprint density at radius 2 is 1.90 bits per heavy atom. The molecule has 5 rings (SSSR count). The third-order valence-electron chi connectivity index (χ3n) is 5.59. The highest BCUT2D eigenvalue weighted by Crippen LogP contribution is 2.33. The number of aromatic nitrogens is 1. The SMILES string of the molecule is Cc1c(C(=O)N2CCC(c3nc4cc(Cl)ccc4o3)CC2)oc2ccc(F)cc12.